The Morgan fingerprint density at radius 1 is 1.33 bits per heavy atom. The zero-order valence-electron chi connectivity index (χ0n) is 12.9. The highest BCUT2D eigenvalue weighted by molar-refractivity contribution is 8.01. The first kappa shape index (κ1) is 18.2. The van der Waals surface area contributed by atoms with Crippen molar-refractivity contribution < 1.29 is 9.18 Å². The number of carbonyl (C=O) groups excluding carboxylic acids is 1. The van der Waals surface area contributed by atoms with E-state index in [0.717, 1.165) is 0 Å². The molecule has 1 N–H and O–H groups in total. The number of thioether (sulfide) groups is 1. The molecule has 126 valence electrons. The minimum absolute atomic E-state index is 0.0189. The van der Waals surface area contributed by atoms with Crippen LogP contribution < -0.4 is 5.32 Å². The zero-order chi connectivity index (χ0) is 17.4. The Kier molecular flexibility index (Phi) is 6.95. The van der Waals surface area contributed by atoms with Gasteiger partial charge in [-0.05, 0) is 18.2 Å². The smallest absolute Gasteiger partial charge is 0.233 e. The summed E-state index contributed by atoms with van der Waals surface area (Å²) in [6.07, 6.45) is 3.36. The molecule has 24 heavy (non-hydrogen) atoms. The van der Waals surface area contributed by atoms with Gasteiger partial charge >= 0.3 is 0 Å². The maximum atomic E-state index is 13.2. The molecule has 0 bridgehead atoms. The van der Waals surface area contributed by atoms with Gasteiger partial charge in [-0.2, -0.15) is 0 Å². The van der Waals surface area contributed by atoms with Gasteiger partial charge in [-0.3, -0.25) is 4.79 Å². The summed E-state index contributed by atoms with van der Waals surface area (Å²) in [7, 11) is 0. The first-order valence-corrected chi connectivity index (χ1v) is 8.91. The Bertz CT molecular complexity index is 710. The molecule has 1 aromatic carbocycles. The number of nitrogens with one attached hydrogen (secondary N) is 1. The standard InChI is InChI=1S/C16H17FN4OS2/c1-3-8-21(9-4-2)14(22)11-23-16-20-19-15(24-16)18-13-7-5-6-12(17)10-13/h3-7,10H,1-2,8-9,11H2,(H,18,19). The summed E-state index contributed by atoms with van der Waals surface area (Å²) in [6, 6.07) is 6.10. The van der Waals surface area contributed by atoms with Crippen molar-refractivity contribution >= 4 is 39.8 Å². The molecule has 1 heterocycles. The summed E-state index contributed by atoms with van der Waals surface area (Å²) in [4.78, 5) is 13.8. The molecule has 2 aromatic rings. The van der Waals surface area contributed by atoms with Crippen LogP contribution in [-0.4, -0.2) is 39.8 Å². The lowest BCUT2D eigenvalue weighted by atomic mass is 10.3. The predicted octanol–water partition coefficient (Wildman–Crippen LogP) is 3.71. The summed E-state index contributed by atoms with van der Waals surface area (Å²) in [5, 5.41) is 11.5. The molecule has 0 spiro atoms. The van der Waals surface area contributed by atoms with Gasteiger partial charge in [0.15, 0.2) is 4.34 Å². The highest BCUT2D eigenvalue weighted by Gasteiger charge is 2.13. The van der Waals surface area contributed by atoms with Gasteiger partial charge in [0, 0.05) is 18.8 Å². The zero-order valence-corrected chi connectivity index (χ0v) is 14.6. The molecule has 0 aliphatic carbocycles. The SMILES string of the molecule is C=CCN(CC=C)C(=O)CSc1nnc(Nc2cccc(F)c2)s1. The average Bonchev–Trinajstić information content (AvgIpc) is 3.00. The third-order valence-corrected chi connectivity index (χ3v) is 4.81. The number of carbonyl (C=O) groups is 1. The molecule has 1 amide bonds. The number of rotatable bonds is 9. The van der Waals surface area contributed by atoms with Gasteiger partial charge < -0.3 is 10.2 Å². The van der Waals surface area contributed by atoms with Crippen LogP contribution >= 0.6 is 23.1 Å². The Balaban J connectivity index is 1.90. The van der Waals surface area contributed by atoms with Crippen LogP contribution in [0.2, 0.25) is 0 Å². The van der Waals surface area contributed by atoms with Gasteiger partial charge in [0.2, 0.25) is 11.0 Å². The van der Waals surface area contributed by atoms with E-state index < -0.39 is 0 Å². The second-order valence-corrected chi connectivity index (χ2v) is 6.87. The fraction of sp³-hybridized carbons (Fsp3) is 0.188. The van der Waals surface area contributed by atoms with Gasteiger partial charge in [-0.25, -0.2) is 4.39 Å². The van der Waals surface area contributed by atoms with Crippen molar-refractivity contribution in [1.82, 2.24) is 15.1 Å². The predicted molar refractivity (Wildman–Crippen MR) is 97.3 cm³/mol. The van der Waals surface area contributed by atoms with Gasteiger partial charge in [-0.1, -0.05) is 41.3 Å². The molecule has 0 atom stereocenters. The van der Waals surface area contributed by atoms with E-state index in [1.165, 1.54) is 35.2 Å². The summed E-state index contributed by atoms with van der Waals surface area (Å²) >= 11 is 2.62. The van der Waals surface area contributed by atoms with Crippen LogP contribution in [0, 0.1) is 5.82 Å². The lowest BCUT2D eigenvalue weighted by Gasteiger charge is -2.18. The minimum atomic E-state index is -0.325. The summed E-state index contributed by atoms with van der Waals surface area (Å²) in [6.45, 7) is 8.25. The van der Waals surface area contributed by atoms with E-state index >= 15 is 0 Å². The van der Waals surface area contributed by atoms with Crippen LogP contribution in [0.5, 0.6) is 0 Å². The topological polar surface area (TPSA) is 58.1 Å². The van der Waals surface area contributed by atoms with Crippen molar-refractivity contribution in [3.8, 4) is 0 Å². The molecule has 2 rings (SSSR count). The second kappa shape index (κ2) is 9.19. The number of anilines is 2. The van der Waals surface area contributed by atoms with E-state index in [1.54, 1.807) is 29.2 Å². The van der Waals surface area contributed by atoms with E-state index in [4.69, 9.17) is 0 Å². The van der Waals surface area contributed by atoms with Crippen molar-refractivity contribution in [2.45, 2.75) is 4.34 Å². The monoisotopic (exact) mass is 364 g/mol. The molecule has 0 unspecified atom stereocenters. The van der Waals surface area contributed by atoms with Crippen molar-refractivity contribution in [1.29, 1.82) is 0 Å². The number of hydrogen-bond acceptors (Lipinski definition) is 6. The first-order chi connectivity index (χ1) is 11.6. The van der Waals surface area contributed by atoms with E-state index in [-0.39, 0.29) is 17.5 Å². The van der Waals surface area contributed by atoms with Crippen molar-refractivity contribution in [2.24, 2.45) is 0 Å². The molecule has 0 fully saturated rings. The van der Waals surface area contributed by atoms with Crippen LogP contribution in [0.3, 0.4) is 0 Å². The normalized spacial score (nSPS) is 10.2. The molecule has 5 nitrogen and oxygen atoms in total. The fourth-order valence-corrected chi connectivity index (χ4v) is 3.49. The van der Waals surface area contributed by atoms with E-state index in [9.17, 15) is 9.18 Å². The summed E-state index contributed by atoms with van der Waals surface area (Å²) in [5.41, 5.74) is 0.599. The number of hydrogen-bond donors (Lipinski definition) is 1. The van der Waals surface area contributed by atoms with Crippen molar-refractivity contribution in [3.05, 3.63) is 55.4 Å². The van der Waals surface area contributed by atoms with Crippen molar-refractivity contribution in [2.75, 3.05) is 24.2 Å². The molecule has 0 radical (unpaired) electrons. The number of benzene rings is 1. The van der Waals surface area contributed by atoms with Crippen LogP contribution in [0.1, 0.15) is 0 Å². The number of amides is 1. The van der Waals surface area contributed by atoms with Gasteiger partial charge in [-0.15, -0.1) is 23.4 Å². The molecule has 1 aromatic heterocycles. The third-order valence-electron chi connectivity index (χ3n) is 2.85. The van der Waals surface area contributed by atoms with Gasteiger partial charge in [0.1, 0.15) is 5.82 Å². The minimum Gasteiger partial charge on any atom is -0.335 e. The van der Waals surface area contributed by atoms with Crippen LogP contribution in [0.25, 0.3) is 0 Å². The molecular formula is C16H17FN4OS2. The largest absolute Gasteiger partial charge is 0.335 e. The number of aromatic nitrogens is 2. The fourth-order valence-electron chi connectivity index (χ4n) is 1.81. The molecule has 0 aliphatic heterocycles. The van der Waals surface area contributed by atoms with Crippen LogP contribution in [0.4, 0.5) is 15.2 Å². The molecule has 0 saturated heterocycles. The number of nitrogens with zero attached hydrogens (tertiary/aromatic N) is 3. The second-order valence-electron chi connectivity index (χ2n) is 4.67. The average molecular weight is 364 g/mol. The van der Waals surface area contributed by atoms with E-state index in [0.29, 0.717) is 28.2 Å². The Morgan fingerprint density at radius 3 is 2.75 bits per heavy atom. The van der Waals surface area contributed by atoms with Gasteiger partial charge in [0.05, 0.1) is 5.75 Å². The van der Waals surface area contributed by atoms with Gasteiger partial charge in [0.25, 0.3) is 0 Å². The maximum Gasteiger partial charge on any atom is 0.233 e. The third kappa shape index (κ3) is 5.47. The highest BCUT2D eigenvalue weighted by Crippen LogP contribution is 2.28. The quantitative estimate of drug-likeness (QED) is 0.543. The first-order valence-electron chi connectivity index (χ1n) is 7.11. The Labute approximate surface area is 148 Å². The van der Waals surface area contributed by atoms with Crippen molar-refractivity contribution in [3.63, 3.8) is 0 Å². The molecule has 0 saturated carbocycles. The van der Waals surface area contributed by atoms with Crippen LogP contribution in [-0.2, 0) is 4.79 Å². The lowest BCUT2D eigenvalue weighted by molar-refractivity contribution is -0.127. The number of halogens is 1. The summed E-state index contributed by atoms with van der Waals surface area (Å²) < 4.78 is 13.8. The lowest BCUT2D eigenvalue weighted by Crippen LogP contribution is -2.32. The Morgan fingerprint density at radius 2 is 2.08 bits per heavy atom. The maximum absolute atomic E-state index is 13.2. The molecule has 8 heteroatoms. The molecular weight excluding hydrogens is 347 g/mol. The molecule has 0 aliphatic rings. The van der Waals surface area contributed by atoms with E-state index in [1.807, 2.05) is 0 Å². The summed E-state index contributed by atoms with van der Waals surface area (Å²) in [5.74, 6) is -0.0834. The van der Waals surface area contributed by atoms with E-state index in [2.05, 4.69) is 28.7 Å². The highest BCUT2D eigenvalue weighted by atomic mass is 32.2. The van der Waals surface area contributed by atoms with Crippen LogP contribution in [0.15, 0.2) is 53.9 Å². The Hall–Kier alpha value is -2.19.